The second kappa shape index (κ2) is 5.97. The average molecular weight is 272 g/mol. The standard InChI is InChI=1S/C10H12F3NO2.ClH/c1-15-7-4-3-6(5-8(7)16-2)9(14)10(11,12)13;/h3-5,9H,14H2,1-2H3;1H. The summed E-state index contributed by atoms with van der Waals surface area (Å²) in [5.74, 6) is 0.584. The van der Waals surface area contributed by atoms with Crippen LogP contribution in [0.5, 0.6) is 11.5 Å². The highest BCUT2D eigenvalue weighted by atomic mass is 35.5. The molecule has 0 saturated heterocycles. The van der Waals surface area contributed by atoms with Crippen LogP contribution in [-0.4, -0.2) is 20.4 Å². The molecule has 0 saturated carbocycles. The number of alkyl halides is 3. The third-order valence-corrected chi connectivity index (χ3v) is 2.12. The van der Waals surface area contributed by atoms with Crippen molar-refractivity contribution < 1.29 is 22.6 Å². The van der Waals surface area contributed by atoms with Crippen LogP contribution in [0.2, 0.25) is 0 Å². The molecule has 1 unspecified atom stereocenters. The number of ether oxygens (including phenoxy) is 2. The Morgan fingerprint density at radius 2 is 1.65 bits per heavy atom. The number of methoxy groups -OCH3 is 2. The van der Waals surface area contributed by atoms with Crippen molar-refractivity contribution in [3.63, 3.8) is 0 Å². The van der Waals surface area contributed by atoms with Crippen molar-refractivity contribution in [2.45, 2.75) is 12.2 Å². The first kappa shape index (κ1) is 15.9. The maximum Gasteiger partial charge on any atom is 0.407 e. The maximum atomic E-state index is 12.4. The molecule has 1 atom stereocenters. The highest BCUT2D eigenvalue weighted by Crippen LogP contribution is 2.35. The molecule has 0 spiro atoms. The lowest BCUT2D eigenvalue weighted by molar-refractivity contribution is -0.149. The van der Waals surface area contributed by atoms with Crippen molar-refractivity contribution in [1.29, 1.82) is 0 Å². The van der Waals surface area contributed by atoms with Gasteiger partial charge in [-0.15, -0.1) is 12.4 Å². The van der Waals surface area contributed by atoms with E-state index in [4.69, 9.17) is 15.2 Å². The molecule has 0 aromatic heterocycles. The second-order valence-corrected chi connectivity index (χ2v) is 3.13. The van der Waals surface area contributed by atoms with Crippen molar-refractivity contribution in [2.24, 2.45) is 5.73 Å². The predicted molar refractivity (Wildman–Crippen MR) is 59.8 cm³/mol. The van der Waals surface area contributed by atoms with Crippen molar-refractivity contribution in [3.8, 4) is 11.5 Å². The summed E-state index contributed by atoms with van der Waals surface area (Å²) in [4.78, 5) is 0. The molecule has 0 bridgehead atoms. The molecule has 0 amide bonds. The Morgan fingerprint density at radius 3 is 2.06 bits per heavy atom. The van der Waals surface area contributed by atoms with E-state index in [-0.39, 0.29) is 23.7 Å². The molecule has 0 heterocycles. The molecule has 2 N–H and O–H groups in total. The van der Waals surface area contributed by atoms with Crippen molar-refractivity contribution >= 4 is 12.4 Å². The zero-order valence-electron chi connectivity index (χ0n) is 9.25. The van der Waals surface area contributed by atoms with Crippen LogP contribution >= 0.6 is 12.4 Å². The van der Waals surface area contributed by atoms with E-state index >= 15 is 0 Å². The van der Waals surface area contributed by atoms with Gasteiger partial charge in [-0.05, 0) is 17.7 Å². The quantitative estimate of drug-likeness (QED) is 0.919. The van der Waals surface area contributed by atoms with Crippen molar-refractivity contribution in [1.82, 2.24) is 0 Å². The fourth-order valence-corrected chi connectivity index (χ4v) is 1.24. The molecule has 0 fully saturated rings. The number of hydrogen-bond donors (Lipinski definition) is 1. The maximum absolute atomic E-state index is 12.4. The summed E-state index contributed by atoms with van der Waals surface area (Å²) in [6.45, 7) is 0. The Balaban J connectivity index is 0.00000256. The summed E-state index contributed by atoms with van der Waals surface area (Å²) < 4.78 is 46.9. The number of benzene rings is 1. The summed E-state index contributed by atoms with van der Waals surface area (Å²) in [5.41, 5.74) is 5.00. The molecule has 0 aliphatic rings. The summed E-state index contributed by atoms with van der Waals surface area (Å²) >= 11 is 0. The van der Waals surface area contributed by atoms with E-state index in [0.29, 0.717) is 5.75 Å². The number of nitrogens with two attached hydrogens (primary N) is 1. The van der Waals surface area contributed by atoms with E-state index < -0.39 is 12.2 Å². The van der Waals surface area contributed by atoms with Gasteiger partial charge in [-0.3, -0.25) is 0 Å². The van der Waals surface area contributed by atoms with E-state index in [0.717, 1.165) is 0 Å². The van der Waals surface area contributed by atoms with Crippen LogP contribution in [0.4, 0.5) is 13.2 Å². The normalized spacial score (nSPS) is 12.6. The molecule has 1 aromatic rings. The smallest absolute Gasteiger partial charge is 0.407 e. The fourth-order valence-electron chi connectivity index (χ4n) is 1.24. The summed E-state index contributed by atoms with van der Waals surface area (Å²) in [7, 11) is 2.75. The number of halogens is 4. The molecule has 98 valence electrons. The Hall–Kier alpha value is -1.14. The van der Waals surface area contributed by atoms with Gasteiger partial charge in [0.25, 0.3) is 0 Å². The van der Waals surface area contributed by atoms with Crippen LogP contribution in [-0.2, 0) is 0 Å². The zero-order chi connectivity index (χ0) is 12.3. The van der Waals surface area contributed by atoms with Gasteiger partial charge in [0.2, 0.25) is 0 Å². The molecule has 0 aliphatic carbocycles. The predicted octanol–water partition coefficient (Wildman–Crippen LogP) is 2.69. The van der Waals surface area contributed by atoms with Gasteiger partial charge in [-0.1, -0.05) is 6.07 Å². The molecule has 3 nitrogen and oxygen atoms in total. The van der Waals surface area contributed by atoms with Crippen LogP contribution in [0.1, 0.15) is 11.6 Å². The first-order valence-corrected chi connectivity index (χ1v) is 4.44. The monoisotopic (exact) mass is 271 g/mol. The third-order valence-electron chi connectivity index (χ3n) is 2.12. The van der Waals surface area contributed by atoms with E-state index in [9.17, 15) is 13.2 Å². The third kappa shape index (κ3) is 3.67. The SMILES string of the molecule is COc1ccc(C(N)C(F)(F)F)cc1OC.Cl. The summed E-state index contributed by atoms with van der Waals surface area (Å²) in [5, 5.41) is 0. The highest BCUT2D eigenvalue weighted by molar-refractivity contribution is 5.85. The molecular formula is C10H13ClF3NO2. The van der Waals surface area contributed by atoms with Crippen LogP contribution in [0.3, 0.4) is 0 Å². The number of hydrogen-bond acceptors (Lipinski definition) is 3. The second-order valence-electron chi connectivity index (χ2n) is 3.13. The van der Waals surface area contributed by atoms with Crippen LogP contribution in [0.15, 0.2) is 18.2 Å². The minimum atomic E-state index is -4.47. The summed E-state index contributed by atoms with van der Waals surface area (Å²) in [6.07, 6.45) is -4.47. The minimum absolute atomic E-state index is 0. The molecule has 0 radical (unpaired) electrons. The van der Waals surface area contributed by atoms with Crippen molar-refractivity contribution in [3.05, 3.63) is 23.8 Å². The van der Waals surface area contributed by atoms with E-state index in [1.54, 1.807) is 0 Å². The van der Waals surface area contributed by atoms with Gasteiger partial charge in [-0.25, -0.2) is 0 Å². The van der Waals surface area contributed by atoms with Gasteiger partial charge in [0.1, 0.15) is 6.04 Å². The van der Waals surface area contributed by atoms with Gasteiger partial charge in [0.15, 0.2) is 11.5 Å². The van der Waals surface area contributed by atoms with Crippen LogP contribution < -0.4 is 15.2 Å². The van der Waals surface area contributed by atoms with Crippen molar-refractivity contribution in [2.75, 3.05) is 14.2 Å². The lowest BCUT2D eigenvalue weighted by Gasteiger charge is -2.17. The van der Waals surface area contributed by atoms with Gasteiger partial charge < -0.3 is 15.2 Å². The highest BCUT2D eigenvalue weighted by Gasteiger charge is 2.38. The van der Waals surface area contributed by atoms with E-state index in [1.165, 1.54) is 32.4 Å². The Kier molecular flexibility index (Phi) is 5.57. The molecule has 1 aromatic carbocycles. The Labute approximate surface area is 103 Å². The fraction of sp³-hybridized carbons (Fsp3) is 0.400. The minimum Gasteiger partial charge on any atom is -0.493 e. The van der Waals surface area contributed by atoms with Gasteiger partial charge >= 0.3 is 6.18 Å². The van der Waals surface area contributed by atoms with Crippen LogP contribution in [0.25, 0.3) is 0 Å². The van der Waals surface area contributed by atoms with E-state index in [2.05, 4.69) is 0 Å². The topological polar surface area (TPSA) is 44.5 Å². The van der Waals surface area contributed by atoms with Gasteiger partial charge in [0.05, 0.1) is 14.2 Å². The lowest BCUT2D eigenvalue weighted by atomic mass is 10.1. The average Bonchev–Trinajstić information content (AvgIpc) is 2.25. The molecule has 0 aliphatic heterocycles. The van der Waals surface area contributed by atoms with Gasteiger partial charge in [0, 0.05) is 0 Å². The number of rotatable bonds is 3. The molecule has 1 rings (SSSR count). The zero-order valence-corrected chi connectivity index (χ0v) is 10.1. The Bertz CT molecular complexity index is 371. The summed E-state index contributed by atoms with van der Waals surface area (Å²) in [6, 6.07) is 1.85. The molecule has 17 heavy (non-hydrogen) atoms. The Morgan fingerprint density at radius 1 is 1.12 bits per heavy atom. The first-order chi connectivity index (χ1) is 7.40. The lowest BCUT2D eigenvalue weighted by Crippen LogP contribution is -2.28. The molecule has 7 heteroatoms. The van der Waals surface area contributed by atoms with Gasteiger partial charge in [-0.2, -0.15) is 13.2 Å². The van der Waals surface area contributed by atoms with E-state index in [1.807, 2.05) is 0 Å². The largest absolute Gasteiger partial charge is 0.493 e. The van der Waals surface area contributed by atoms with Crippen LogP contribution in [0, 0.1) is 0 Å². The first-order valence-electron chi connectivity index (χ1n) is 4.44. The molecular weight excluding hydrogens is 259 g/mol.